The Morgan fingerprint density at radius 3 is 1.96 bits per heavy atom. The highest BCUT2D eigenvalue weighted by Crippen LogP contribution is 2.43. The minimum Gasteiger partial charge on any atom is -0.299 e. The molecular formula is C24H38O2. The van der Waals surface area contributed by atoms with Gasteiger partial charge in [0.1, 0.15) is 11.6 Å². The Kier molecular flexibility index (Phi) is 6.69. The van der Waals surface area contributed by atoms with E-state index < -0.39 is 0 Å². The molecule has 2 heteroatoms. The number of fused-ring (bicyclic) bond motifs is 2. The Balaban J connectivity index is 0.000000190. The van der Waals surface area contributed by atoms with Crippen LogP contribution >= 0.6 is 0 Å². The van der Waals surface area contributed by atoms with Gasteiger partial charge in [-0.2, -0.15) is 0 Å². The Morgan fingerprint density at radius 1 is 0.885 bits per heavy atom. The molecule has 4 atom stereocenters. The largest absolute Gasteiger partial charge is 0.299 e. The van der Waals surface area contributed by atoms with Crippen molar-refractivity contribution in [1.82, 2.24) is 0 Å². The fourth-order valence-corrected chi connectivity index (χ4v) is 4.20. The molecule has 0 saturated heterocycles. The van der Waals surface area contributed by atoms with Gasteiger partial charge in [0.05, 0.1) is 0 Å². The Labute approximate surface area is 160 Å². The van der Waals surface area contributed by atoms with Gasteiger partial charge in [-0.05, 0) is 49.9 Å². The van der Waals surface area contributed by atoms with Gasteiger partial charge in [0, 0.05) is 23.2 Å². The predicted molar refractivity (Wildman–Crippen MR) is 109 cm³/mol. The minimum atomic E-state index is -0.157. The summed E-state index contributed by atoms with van der Waals surface area (Å²) >= 11 is 0. The van der Waals surface area contributed by atoms with Crippen LogP contribution in [-0.4, -0.2) is 11.6 Å². The molecule has 146 valence electrons. The molecule has 0 amide bonds. The van der Waals surface area contributed by atoms with Crippen molar-refractivity contribution >= 4 is 11.6 Å². The van der Waals surface area contributed by atoms with Gasteiger partial charge in [0.15, 0.2) is 0 Å². The molecule has 0 aromatic heterocycles. The van der Waals surface area contributed by atoms with Gasteiger partial charge in [0.25, 0.3) is 0 Å². The van der Waals surface area contributed by atoms with E-state index >= 15 is 0 Å². The second kappa shape index (κ2) is 8.23. The lowest BCUT2D eigenvalue weighted by atomic mass is 9.64. The lowest BCUT2D eigenvalue weighted by Crippen LogP contribution is -2.38. The van der Waals surface area contributed by atoms with Crippen LogP contribution in [0.4, 0.5) is 0 Å². The molecule has 0 heterocycles. The zero-order chi connectivity index (χ0) is 19.5. The number of Topliss-reactive ketones (excluding diaryl/α,β-unsaturated/α-hetero) is 2. The molecule has 0 aliphatic heterocycles. The van der Waals surface area contributed by atoms with E-state index in [0.717, 1.165) is 19.3 Å². The minimum absolute atomic E-state index is 0.156. The summed E-state index contributed by atoms with van der Waals surface area (Å²) in [5.74, 6) is 2.94. The maximum Gasteiger partial charge on any atom is 0.141 e. The van der Waals surface area contributed by atoms with E-state index in [1.54, 1.807) is 0 Å². The summed E-state index contributed by atoms with van der Waals surface area (Å²) in [5.41, 5.74) is -0.313. The van der Waals surface area contributed by atoms with Crippen LogP contribution < -0.4 is 0 Å². The Bertz CT molecular complexity index is 568. The second-order valence-electron chi connectivity index (χ2n) is 10.5. The van der Waals surface area contributed by atoms with Crippen molar-refractivity contribution in [1.29, 1.82) is 0 Å². The van der Waals surface area contributed by atoms with Crippen molar-refractivity contribution in [2.75, 3.05) is 0 Å². The number of hydrogen-bond acceptors (Lipinski definition) is 2. The van der Waals surface area contributed by atoms with Crippen LogP contribution in [0.5, 0.6) is 0 Å². The van der Waals surface area contributed by atoms with Crippen LogP contribution in [0.25, 0.3) is 0 Å². The van der Waals surface area contributed by atoms with Crippen molar-refractivity contribution in [2.24, 2.45) is 34.5 Å². The molecule has 26 heavy (non-hydrogen) atoms. The lowest BCUT2D eigenvalue weighted by molar-refractivity contribution is -0.133. The number of ketones is 2. The molecule has 0 aromatic carbocycles. The van der Waals surface area contributed by atoms with Crippen molar-refractivity contribution in [3.05, 3.63) is 24.3 Å². The number of carbonyl (C=O) groups excluding carboxylic acids is 2. The molecule has 0 spiro atoms. The predicted octanol–water partition coefficient (Wildman–Crippen LogP) is 6.16. The molecular weight excluding hydrogens is 320 g/mol. The van der Waals surface area contributed by atoms with Crippen LogP contribution in [0.15, 0.2) is 24.3 Å². The van der Waals surface area contributed by atoms with Crippen LogP contribution in [0, 0.1) is 34.5 Å². The van der Waals surface area contributed by atoms with E-state index in [1.807, 2.05) is 41.5 Å². The first-order chi connectivity index (χ1) is 12.0. The van der Waals surface area contributed by atoms with Crippen LogP contribution in [0.2, 0.25) is 0 Å². The van der Waals surface area contributed by atoms with Gasteiger partial charge >= 0.3 is 0 Å². The van der Waals surface area contributed by atoms with Gasteiger partial charge < -0.3 is 0 Å². The summed E-state index contributed by atoms with van der Waals surface area (Å²) < 4.78 is 0. The SMILES string of the molecule is CC(C)(C)C(=O)C1CC2C=CC1CC2.CC(C)(C)C(=O)CC1C=CCC1. The highest BCUT2D eigenvalue weighted by atomic mass is 16.1. The second-order valence-corrected chi connectivity index (χ2v) is 10.5. The topological polar surface area (TPSA) is 34.1 Å². The number of carbonyl (C=O) groups is 2. The third kappa shape index (κ3) is 5.66. The number of hydrogen-bond donors (Lipinski definition) is 0. The molecule has 4 aliphatic rings. The van der Waals surface area contributed by atoms with Crippen LogP contribution in [0.3, 0.4) is 0 Å². The van der Waals surface area contributed by atoms with Crippen molar-refractivity contribution in [3.8, 4) is 0 Å². The zero-order valence-electron chi connectivity index (χ0n) is 17.7. The summed E-state index contributed by atoms with van der Waals surface area (Å²) in [4.78, 5) is 23.8. The molecule has 1 fully saturated rings. The van der Waals surface area contributed by atoms with E-state index in [1.165, 1.54) is 19.3 Å². The van der Waals surface area contributed by atoms with Gasteiger partial charge in [-0.15, -0.1) is 0 Å². The first-order valence-electron chi connectivity index (χ1n) is 10.4. The maximum absolute atomic E-state index is 12.2. The standard InChI is InChI=1S/C13H20O.C11H18O/c1-13(2,3)12(14)11-8-9-4-6-10(11)7-5-9;1-11(2,3)10(12)8-9-6-4-5-7-9/h4,6,9-11H,5,7-8H2,1-3H3;4,6,9H,5,7-8H2,1-3H3. The maximum atomic E-state index is 12.2. The number of allylic oxidation sites excluding steroid dienone is 4. The van der Waals surface area contributed by atoms with E-state index in [4.69, 9.17) is 0 Å². The first kappa shape index (κ1) is 21.1. The Morgan fingerprint density at radius 2 is 1.58 bits per heavy atom. The van der Waals surface area contributed by atoms with E-state index in [9.17, 15) is 9.59 Å². The zero-order valence-corrected chi connectivity index (χ0v) is 17.7. The van der Waals surface area contributed by atoms with Gasteiger partial charge in [-0.25, -0.2) is 0 Å². The van der Waals surface area contributed by atoms with Crippen molar-refractivity contribution in [3.63, 3.8) is 0 Å². The molecule has 2 nitrogen and oxygen atoms in total. The smallest absolute Gasteiger partial charge is 0.141 e. The normalized spacial score (nSPS) is 30.1. The average Bonchev–Trinajstić information content (AvgIpc) is 3.07. The van der Waals surface area contributed by atoms with E-state index in [0.29, 0.717) is 35.2 Å². The molecule has 4 rings (SSSR count). The molecule has 1 saturated carbocycles. The Hall–Kier alpha value is -1.18. The van der Waals surface area contributed by atoms with E-state index in [-0.39, 0.29) is 10.8 Å². The highest BCUT2D eigenvalue weighted by molar-refractivity contribution is 5.86. The molecule has 0 aromatic rings. The van der Waals surface area contributed by atoms with Gasteiger partial charge in [-0.3, -0.25) is 9.59 Å². The first-order valence-corrected chi connectivity index (χ1v) is 10.4. The summed E-state index contributed by atoms with van der Waals surface area (Å²) in [6.07, 6.45) is 15.7. The fourth-order valence-electron chi connectivity index (χ4n) is 4.20. The lowest BCUT2D eigenvalue weighted by Gasteiger charge is -2.39. The average molecular weight is 359 g/mol. The summed E-state index contributed by atoms with van der Waals surface area (Å²) in [6, 6.07) is 0. The summed E-state index contributed by atoms with van der Waals surface area (Å²) in [7, 11) is 0. The third-order valence-corrected chi connectivity index (χ3v) is 6.05. The van der Waals surface area contributed by atoms with Crippen LogP contribution in [0.1, 0.15) is 80.1 Å². The number of rotatable bonds is 3. The van der Waals surface area contributed by atoms with Crippen LogP contribution in [-0.2, 0) is 9.59 Å². The molecule has 0 radical (unpaired) electrons. The summed E-state index contributed by atoms with van der Waals surface area (Å²) in [5, 5.41) is 0. The van der Waals surface area contributed by atoms with Crippen molar-refractivity contribution in [2.45, 2.75) is 80.1 Å². The molecule has 4 aliphatic carbocycles. The molecule has 0 N–H and O–H groups in total. The van der Waals surface area contributed by atoms with Gasteiger partial charge in [-0.1, -0.05) is 65.8 Å². The molecule has 2 bridgehead atoms. The third-order valence-electron chi connectivity index (χ3n) is 6.05. The van der Waals surface area contributed by atoms with E-state index in [2.05, 4.69) is 24.3 Å². The monoisotopic (exact) mass is 358 g/mol. The highest BCUT2D eigenvalue weighted by Gasteiger charge is 2.39. The van der Waals surface area contributed by atoms with Crippen molar-refractivity contribution < 1.29 is 9.59 Å². The van der Waals surface area contributed by atoms with Gasteiger partial charge in [0.2, 0.25) is 0 Å². The fraction of sp³-hybridized carbons (Fsp3) is 0.750. The summed E-state index contributed by atoms with van der Waals surface area (Å²) in [6.45, 7) is 12.1. The molecule has 4 unspecified atom stereocenters. The quantitative estimate of drug-likeness (QED) is 0.566.